The Morgan fingerprint density at radius 2 is 1.11 bits per heavy atom. The van der Waals surface area contributed by atoms with Gasteiger partial charge in [0.2, 0.25) is 0 Å². The molecule has 4 rings (SSSR count). The first kappa shape index (κ1) is 42.8. The van der Waals surface area contributed by atoms with Gasteiger partial charge in [-0.05, 0) is 96.8 Å². The number of hydrogen-bond acceptors (Lipinski definition) is 11. The molecule has 11 heteroatoms. The van der Waals surface area contributed by atoms with Gasteiger partial charge in [-0.3, -0.25) is 0 Å². The van der Waals surface area contributed by atoms with Crippen LogP contribution in [0.5, 0.6) is 11.5 Å². The maximum atomic E-state index is 13.0. The molecule has 0 aliphatic rings. The van der Waals surface area contributed by atoms with E-state index in [9.17, 15) is 30.0 Å². The molecule has 292 valence electrons. The van der Waals surface area contributed by atoms with Crippen molar-refractivity contribution in [2.24, 2.45) is 0 Å². The Morgan fingerprint density at radius 3 is 1.47 bits per heavy atom. The van der Waals surface area contributed by atoms with Crippen LogP contribution in [0.3, 0.4) is 0 Å². The van der Waals surface area contributed by atoms with E-state index in [1.807, 2.05) is 79.4 Å². The number of esters is 3. The molecule has 0 amide bonds. The van der Waals surface area contributed by atoms with Crippen molar-refractivity contribution in [2.75, 3.05) is 49.2 Å². The van der Waals surface area contributed by atoms with Crippen LogP contribution in [0, 0.1) is 22.7 Å². The molecular formula is C46H46N4O7. The van der Waals surface area contributed by atoms with Crippen molar-refractivity contribution in [2.45, 2.75) is 33.1 Å². The van der Waals surface area contributed by atoms with Crippen LogP contribution in [-0.2, 0) is 24.5 Å². The summed E-state index contributed by atoms with van der Waals surface area (Å²) in [6, 6.07) is 32.5. The Kier molecular flexibility index (Phi) is 15.5. The van der Waals surface area contributed by atoms with Crippen molar-refractivity contribution in [1.82, 2.24) is 0 Å². The van der Waals surface area contributed by atoms with E-state index in [0.717, 1.165) is 41.7 Å². The van der Waals surface area contributed by atoms with Crippen LogP contribution in [0.1, 0.15) is 49.9 Å². The lowest BCUT2D eigenvalue weighted by atomic mass is 9.78. The third-order valence-corrected chi connectivity index (χ3v) is 9.30. The highest BCUT2D eigenvalue weighted by Crippen LogP contribution is 2.34. The number of nitriles is 2. The summed E-state index contributed by atoms with van der Waals surface area (Å²) >= 11 is 0. The van der Waals surface area contributed by atoms with Crippen molar-refractivity contribution < 1.29 is 33.7 Å². The molecule has 0 spiro atoms. The number of aliphatic hydroxyl groups is 1. The number of anilines is 2. The minimum atomic E-state index is -0.813. The Labute approximate surface area is 333 Å². The molecular weight excluding hydrogens is 721 g/mol. The van der Waals surface area contributed by atoms with Crippen molar-refractivity contribution in [3.63, 3.8) is 0 Å². The predicted octanol–water partition coefficient (Wildman–Crippen LogP) is 7.41. The zero-order valence-corrected chi connectivity index (χ0v) is 32.6. The van der Waals surface area contributed by atoms with Crippen LogP contribution in [0.4, 0.5) is 11.4 Å². The first-order valence-corrected chi connectivity index (χ1v) is 18.4. The second-order valence-corrected chi connectivity index (χ2v) is 13.2. The third-order valence-electron chi connectivity index (χ3n) is 9.30. The molecule has 0 atom stereocenters. The third kappa shape index (κ3) is 11.8. The summed E-state index contributed by atoms with van der Waals surface area (Å²) in [7, 11) is 0. The number of carbonyl (C=O) groups is 3. The van der Waals surface area contributed by atoms with Crippen LogP contribution in [0.2, 0.25) is 0 Å². The number of rotatable bonds is 18. The second-order valence-electron chi connectivity index (χ2n) is 13.2. The maximum Gasteiger partial charge on any atom is 0.354 e. The summed E-state index contributed by atoms with van der Waals surface area (Å²) in [4.78, 5) is 41.3. The molecule has 0 unspecified atom stereocenters. The zero-order valence-electron chi connectivity index (χ0n) is 32.6. The van der Waals surface area contributed by atoms with Gasteiger partial charge in [0.05, 0.1) is 13.2 Å². The van der Waals surface area contributed by atoms with Gasteiger partial charge in [0.25, 0.3) is 0 Å². The highest BCUT2D eigenvalue weighted by Gasteiger charge is 2.24. The van der Waals surface area contributed by atoms with Gasteiger partial charge in [0, 0.05) is 42.5 Å². The number of carbonyl (C=O) groups excluding carboxylic acids is 3. The van der Waals surface area contributed by atoms with E-state index >= 15 is 0 Å². The average Bonchev–Trinajstić information content (AvgIpc) is 3.23. The molecule has 0 saturated heterocycles. The van der Waals surface area contributed by atoms with Crippen molar-refractivity contribution in [3.8, 4) is 23.6 Å². The summed E-state index contributed by atoms with van der Waals surface area (Å²) in [5, 5.41) is 28.9. The summed E-state index contributed by atoms with van der Waals surface area (Å²) in [6.07, 6.45) is 4.02. The molecule has 4 aromatic rings. The number of benzene rings is 4. The number of ether oxygens (including phenoxy) is 3. The van der Waals surface area contributed by atoms with E-state index in [-0.39, 0.29) is 30.1 Å². The standard InChI is InChI=1S/C46H46N4O7/c1-6-43(52)55-28-26-50(25-27-51)40-19-11-34(12-20-40)30-36(32-48)45(54)57-42-23-15-38(16-24-42)46(4,5)37-13-21-41(22-14-37)56-44(53)35(31-47)29-33-9-17-39(18-10-33)49(7-2)8-3/h6,9-24,29-30,51H,1,7-8,25-28H2,2-5H3. The molecule has 0 bridgehead atoms. The van der Waals surface area contributed by atoms with Crippen LogP contribution >= 0.6 is 0 Å². The molecule has 57 heavy (non-hydrogen) atoms. The zero-order chi connectivity index (χ0) is 41.4. The van der Waals surface area contributed by atoms with E-state index in [1.165, 1.54) is 12.2 Å². The van der Waals surface area contributed by atoms with Gasteiger partial charge in [-0.2, -0.15) is 10.5 Å². The molecule has 1 N–H and O–H groups in total. The second kappa shape index (κ2) is 20.7. The minimum absolute atomic E-state index is 0.107. The van der Waals surface area contributed by atoms with E-state index in [1.54, 1.807) is 48.5 Å². The van der Waals surface area contributed by atoms with Crippen molar-refractivity contribution in [1.29, 1.82) is 10.5 Å². The van der Waals surface area contributed by atoms with E-state index < -0.39 is 23.3 Å². The van der Waals surface area contributed by atoms with Gasteiger partial charge in [-0.1, -0.05) is 69.0 Å². The van der Waals surface area contributed by atoms with Gasteiger partial charge in [-0.25, -0.2) is 14.4 Å². The van der Waals surface area contributed by atoms with Gasteiger partial charge < -0.3 is 29.1 Å². The highest BCUT2D eigenvalue weighted by molar-refractivity contribution is 5.99. The van der Waals surface area contributed by atoms with Crippen LogP contribution in [0.25, 0.3) is 12.2 Å². The molecule has 4 aromatic carbocycles. The fourth-order valence-electron chi connectivity index (χ4n) is 5.93. The lowest BCUT2D eigenvalue weighted by Gasteiger charge is -2.26. The molecule has 11 nitrogen and oxygen atoms in total. The van der Waals surface area contributed by atoms with Crippen molar-refractivity contribution >= 4 is 41.4 Å². The number of aliphatic hydroxyl groups excluding tert-OH is 1. The van der Waals surface area contributed by atoms with Gasteiger partial charge in [-0.15, -0.1) is 0 Å². The Balaban J connectivity index is 1.37. The molecule has 0 aromatic heterocycles. The minimum Gasteiger partial charge on any atom is -0.461 e. The molecule has 0 aliphatic carbocycles. The summed E-state index contributed by atoms with van der Waals surface area (Å²) in [6.45, 7) is 14.0. The number of nitrogens with zero attached hydrogens (tertiary/aromatic N) is 4. The van der Waals surface area contributed by atoms with Crippen LogP contribution < -0.4 is 19.3 Å². The molecule has 0 radical (unpaired) electrons. The maximum absolute atomic E-state index is 13.0. The van der Waals surface area contributed by atoms with Crippen LogP contribution in [0.15, 0.2) is 121 Å². The topological polar surface area (TPSA) is 153 Å². The quantitative estimate of drug-likeness (QED) is 0.0466. The first-order chi connectivity index (χ1) is 27.4. The van der Waals surface area contributed by atoms with Crippen LogP contribution in [-0.4, -0.2) is 62.4 Å². The smallest absolute Gasteiger partial charge is 0.354 e. The Morgan fingerprint density at radius 1 is 0.684 bits per heavy atom. The van der Waals surface area contributed by atoms with E-state index in [4.69, 9.17) is 14.2 Å². The lowest BCUT2D eigenvalue weighted by Crippen LogP contribution is -2.30. The fourth-order valence-corrected chi connectivity index (χ4v) is 5.93. The largest absolute Gasteiger partial charge is 0.461 e. The fraction of sp³-hybridized carbons (Fsp3) is 0.239. The van der Waals surface area contributed by atoms with E-state index in [2.05, 4.69) is 25.3 Å². The van der Waals surface area contributed by atoms with E-state index in [0.29, 0.717) is 30.0 Å². The van der Waals surface area contributed by atoms with Gasteiger partial charge in [0.15, 0.2) is 0 Å². The average molecular weight is 767 g/mol. The number of hydrogen-bond donors (Lipinski definition) is 1. The van der Waals surface area contributed by atoms with Gasteiger partial charge in [0.1, 0.15) is 41.4 Å². The molecule has 0 heterocycles. The first-order valence-electron chi connectivity index (χ1n) is 18.4. The summed E-state index contributed by atoms with van der Waals surface area (Å²) in [5.74, 6) is -1.54. The SMILES string of the molecule is C=CC(=O)OCCN(CCO)c1ccc(C=C(C#N)C(=O)Oc2ccc(C(C)(C)c3ccc(OC(=O)C(C#N)=Cc4ccc(N(CC)CC)cc4)cc3)cc2)cc1. The summed E-state index contributed by atoms with van der Waals surface area (Å²) < 4.78 is 16.1. The van der Waals surface area contributed by atoms with Gasteiger partial charge >= 0.3 is 17.9 Å². The molecule has 0 saturated carbocycles. The lowest BCUT2D eigenvalue weighted by molar-refractivity contribution is -0.137. The highest BCUT2D eigenvalue weighted by atomic mass is 16.5. The normalized spacial score (nSPS) is 11.4. The molecule has 0 aliphatic heterocycles. The predicted molar refractivity (Wildman–Crippen MR) is 220 cm³/mol. The Hall–Kier alpha value is -6.95. The monoisotopic (exact) mass is 766 g/mol. The molecule has 0 fully saturated rings. The Bertz CT molecular complexity index is 2150. The summed E-state index contributed by atoms with van der Waals surface area (Å²) in [5.41, 5.74) is 4.15. The van der Waals surface area contributed by atoms with Crippen molar-refractivity contribution in [3.05, 3.63) is 143 Å².